The summed E-state index contributed by atoms with van der Waals surface area (Å²) in [5.74, 6) is 0.0978. The highest BCUT2D eigenvalue weighted by molar-refractivity contribution is 7.92. The minimum absolute atomic E-state index is 0.0536. The predicted octanol–water partition coefficient (Wildman–Crippen LogP) is 6.30. The third-order valence-electron chi connectivity index (χ3n) is 4.99. The smallest absolute Gasteiger partial charge is 0.335 e. The van der Waals surface area contributed by atoms with Gasteiger partial charge in [0.25, 0.3) is 10.0 Å². The van der Waals surface area contributed by atoms with E-state index >= 15 is 0 Å². The van der Waals surface area contributed by atoms with Crippen LogP contribution in [0.1, 0.15) is 35.3 Å². The monoisotopic (exact) mass is 487 g/mol. The van der Waals surface area contributed by atoms with Crippen LogP contribution in [0.4, 0.5) is 5.69 Å². The van der Waals surface area contributed by atoms with Crippen LogP contribution in [0.25, 0.3) is 0 Å². The summed E-state index contributed by atoms with van der Waals surface area (Å²) in [6, 6.07) is 15.7. The second-order valence-corrected chi connectivity index (χ2v) is 10.5. The standard InChI is InChI=1S/C25H26ClNO5S/c1-16(2)15-27(20-7-5-19(6-8-20)25(28)29)33(30,31)23-11-9-21(10-12-23)32-22-13-17(3)24(26)18(4)14-22/h5-14,16H,15H2,1-4H3,(H,28,29). The minimum atomic E-state index is -3.88. The fraction of sp³-hybridized carbons (Fsp3) is 0.240. The number of benzene rings is 3. The zero-order valence-electron chi connectivity index (χ0n) is 18.9. The van der Waals surface area contributed by atoms with E-state index in [9.17, 15) is 13.2 Å². The van der Waals surface area contributed by atoms with Crippen molar-refractivity contribution in [2.45, 2.75) is 32.6 Å². The number of aromatic carboxylic acids is 1. The fourth-order valence-corrected chi connectivity index (χ4v) is 5.09. The van der Waals surface area contributed by atoms with Gasteiger partial charge in [-0.15, -0.1) is 0 Å². The molecule has 0 aliphatic heterocycles. The summed E-state index contributed by atoms with van der Waals surface area (Å²) in [6.45, 7) is 7.87. The number of sulfonamides is 1. The third-order valence-corrected chi connectivity index (χ3v) is 7.39. The van der Waals surface area contributed by atoms with Gasteiger partial charge in [0.05, 0.1) is 16.1 Å². The fourth-order valence-electron chi connectivity index (χ4n) is 3.35. The average molecular weight is 488 g/mol. The molecule has 0 amide bonds. The number of rotatable bonds is 8. The molecule has 6 nitrogen and oxygen atoms in total. The lowest BCUT2D eigenvalue weighted by Gasteiger charge is -2.26. The summed E-state index contributed by atoms with van der Waals surface area (Å²) in [6.07, 6.45) is 0. The number of nitrogens with zero attached hydrogens (tertiary/aromatic N) is 1. The van der Waals surface area contributed by atoms with Crippen molar-refractivity contribution in [1.82, 2.24) is 0 Å². The first kappa shape index (κ1) is 24.6. The van der Waals surface area contributed by atoms with E-state index in [0.717, 1.165) is 11.1 Å². The Morgan fingerprint density at radius 2 is 1.52 bits per heavy atom. The average Bonchev–Trinajstić information content (AvgIpc) is 2.76. The Morgan fingerprint density at radius 3 is 2.00 bits per heavy atom. The molecule has 0 atom stereocenters. The summed E-state index contributed by atoms with van der Waals surface area (Å²) in [7, 11) is -3.88. The number of hydrogen-bond donors (Lipinski definition) is 1. The molecule has 0 unspecified atom stereocenters. The quantitative estimate of drug-likeness (QED) is 0.403. The number of ether oxygens (including phenoxy) is 1. The molecule has 0 aliphatic rings. The van der Waals surface area contributed by atoms with Gasteiger partial charge in [0.15, 0.2) is 0 Å². The van der Waals surface area contributed by atoms with Gasteiger partial charge in [-0.2, -0.15) is 0 Å². The van der Waals surface area contributed by atoms with Crippen molar-refractivity contribution >= 4 is 33.3 Å². The van der Waals surface area contributed by atoms with Crippen molar-refractivity contribution in [1.29, 1.82) is 0 Å². The van der Waals surface area contributed by atoms with E-state index in [2.05, 4.69) is 0 Å². The van der Waals surface area contributed by atoms with Gasteiger partial charge < -0.3 is 9.84 Å². The molecule has 3 rings (SSSR count). The molecule has 0 fully saturated rings. The van der Waals surface area contributed by atoms with Gasteiger partial charge in [-0.3, -0.25) is 4.31 Å². The molecular weight excluding hydrogens is 462 g/mol. The van der Waals surface area contributed by atoms with Crippen LogP contribution >= 0.6 is 11.6 Å². The Bertz CT molecular complexity index is 1230. The first-order valence-corrected chi connectivity index (χ1v) is 12.2. The van der Waals surface area contributed by atoms with Crippen LogP contribution in [-0.2, 0) is 10.0 Å². The number of carboxylic acid groups (broad SMARTS) is 1. The Kier molecular flexibility index (Phi) is 7.34. The molecule has 0 heterocycles. The highest BCUT2D eigenvalue weighted by atomic mass is 35.5. The molecule has 0 radical (unpaired) electrons. The SMILES string of the molecule is Cc1cc(Oc2ccc(S(=O)(=O)N(CC(C)C)c3ccc(C(=O)O)cc3)cc2)cc(C)c1Cl. The van der Waals surface area contributed by atoms with Gasteiger partial charge in [-0.05, 0) is 91.6 Å². The summed E-state index contributed by atoms with van der Waals surface area (Å²) in [4.78, 5) is 11.3. The van der Waals surface area contributed by atoms with Crippen LogP contribution in [0.3, 0.4) is 0 Å². The van der Waals surface area contributed by atoms with Crippen molar-refractivity contribution in [3.8, 4) is 11.5 Å². The Hall–Kier alpha value is -3.03. The molecule has 0 saturated heterocycles. The van der Waals surface area contributed by atoms with Crippen LogP contribution in [0.15, 0.2) is 65.6 Å². The lowest BCUT2D eigenvalue weighted by atomic mass is 10.1. The van der Waals surface area contributed by atoms with Crippen molar-refractivity contribution in [2.75, 3.05) is 10.8 Å². The van der Waals surface area contributed by atoms with Gasteiger partial charge in [0.2, 0.25) is 0 Å². The maximum absolute atomic E-state index is 13.4. The maximum Gasteiger partial charge on any atom is 0.335 e. The molecule has 3 aromatic carbocycles. The molecule has 8 heteroatoms. The summed E-state index contributed by atoms with van der Waals surface area (Å²) < 4.78 is 34.1. The maximum atomic E-state index is 13.4. The largest absolute Gasteiger partial charge is 0.478 e. The van der Waals surface area contributed by atoms with Gasteiger partial charge in [-0.25, -0.2) is 13.2 Å². The Morgan fingerprint density at radius 1 is 0.970 bits per heavy atom. The van der Waals surface area contributed by atoms with Gasteiger partial charge >= 0.3 is 5.97 Å². The number of carbonyl (C=O) groups is 1. The highest BCUT2D eigenvalue weighted by Gasteiger charge is 2.26. The van der Waals surface area contributed by atoms with E-state index in [-0.39, 0.29) is 22.9 Å². The molecule has 1 N–H and O–H groups in total. The van der Waals surface area contributed by atoms with Gasteiger partial charge in [-0.1, -0.05) is 25.4 Å². The summed E-state index contributed by atoms with van der Waals surface area (Å²) >= 11 is 6.21. The second-order valence-electron chi connectivity index (χ2n) is 8.23. The molecule has 0 aromatic heterocycles. The van der Waals surface area contributed by atoms with Crippen LogP contribution in [0.2, 0.25) is 5.02 Å². The molecular formula is C25H26ClNO5S. The number of carboxylic acids is 1. The van der Waals surface area contributed by atoms with E-state index in [0.29, 0.717) is 22.2 Å². The van der Waals surface area contributed by atoms with Crippen LogP contribution in [0, 0.1) is 19.8 Å². The molecule has 174 valence electrons. The van der Waals surface area contributed by atoms with E-state index in [1.165, 1.54) is 40.7 Å². The first-order chi connectivity index (χ1) is 15.5. The first-order valence-electron chi connectivity index (χ1n) is 10.4. The van der Waals surface area contributed by atoms with Crippen LogP contribution < -0.4 is 9.04 Å². The predicted molar refractivity (Wildman–Crippen MR) is 130 cm³/mol. The molecule has 0 aliphatic carbocycles. The number of halogens is 1. The lowest BCUT2D eigenvalue weighted by molar-refractivity contribution is 0.0697. The third kappa shape index (κ3) is 5.67. The van der Waals surface area contributed by atoms with E-state index in [4.69, 9.17) is 21.4 Å². The van der Waals surface area contributed by atoms with Crippen LogP contribution in [-0.4, -0.2) is 26.0 Å². The second kappa shape index (κ2) is 9.85. The van der Waals surface area contributed by atoms with Gasteiger partial charge in [0, 0.05) is 11.6 Å². The molecule has 0 spiro atoms. The number of anilines is 1. The Labute approximate surface area is 199 Å². The van der Waals surface area contributed by atoms with Crippen molar-refractivity contribution in [3.05, 3.63) is 82.4 Å². The van der Waals surface area contributed by atoms with E-state index in [1.807, 2.05) is 39.8 Å². The summed E-state index contributed by atoms with van der Waals surface area (Å²) in [5.41, 5.74) is 2.28. The Balaban J connectivity index is 1.89. The zero-order valence-corrected chi connectivity index (χ0v) is 20.4. The normalized spacial score (nSPS) is 11.5. The topological polar surface area (TPSA) is 83.9 Å². The molecule has 0 saturated carbocycles. The number of hydrogen-bond acceptors (Lipinski definition) is 4. The van der Waals surface area contributed by atoms with Crippen LogP contribution in [0.5, 0.6) is 11.5 Å². The van der Waals surface area contributed by atoms with E-state index < -0.39 is 16.0 Å². The van der Waals surface area contributed by atoms with E-state index in [1.54, 1.807) is 12.1 Å². The molecule has 3 aromatic rings. The number of aryl methyl sites for hydroxylation is 2. The van der Waals surface area contributed by atoms with Crippen molar-refractivity contribution < 1.29 is 23.1 Å². The molecule has 0 bridgehead atoms. The van der Waals surface area contributed by atoms with Crippen molar-refractivity contribution in [3.63, 3.8) is 0 Å². The molecule has 33 heavy (non-hydrogen) atoms. The summed E-state index contributed by atoms with van der Waals surface area (Å²) in [5, 5.41) is 9.81. The zero-order chi connectivity index (χ0) is 24.3. The van der Waals surface area contributed by atoms with Gasteiger partial charge in [0.1, 0.15) is 11.5 Å². The lowest BCUT2D eigenvalue weighted by Crippen LogP contribution is -2.34. The van der Waals surface area contributed by atoms with Crippen molar-refractivity contribution in [2.24, 2.45) is 5.92 Å². The highest BCUT2D eigenvalue weighted by Crippen LogP contribution is 2.31. The minimum Gasteiger partial charge on any atom is -0.478 e.